The number of nitrogens with zero attached hydrogens (tertiary/aromatic N) is 2. The van der Waals surface area contributed by atoms with E-state index in [1.54, 1.807) is 6.07 Å². The van der Waals surface area contributed by atoms with Gasteiger partial charge in [-0.2, -0.15) is 0 Å². The minimum Gasteiger partial charge on any atom is -0.341 e. The number of rotatable bonds is 3. The number of carbonyl (C=O) groups excluding carboxylic acids is 1. The van der Waals surface area contributed by atoms with Gasteiger partial charge in [0.15, 0.2) is 5.65 Å². The molecule has 0 radical (unpaired) electrons. The van der Waals surface area contributed by atoms with Crippen LogP contribution in [0.2, 0.25) is 0 Å². The molecular formula is C14H20N4O. The summed E-state index contributed by atoms with van der Waals surface area (Å²) in [5.74, 6) is 1.43. The molecule has 0 aromatic carbocycles. The molecular weight excluding hydrogens is 240 g/mol. The van der Waals surface area contributed by atoms with Gasteiger partial charge in [0, 0.05) is 11.8 Å². The molecule has 1 amide bonds. The van der Waals surface area contributed by atoms with Crippen LogP contribution in [0.1, 0.15) is 39.9 Å². The van der Waals surface area contributed by atoms with Gasteiger partial charge in [0.1, 0.15) is 11.6 Å². The van der Waals surface area contributed by atoms with Crippen molar-refractivity contribution in [2.75, 3.05) is 5.32 Å². The highest BCUT2D eigenvalue weighted by Crippen LogP contribution is 2.18. The second-order valence-corrected chi connectivity index (χ2v) is 5.71. The van der Waals surface area contributed by atoms with Gasteiger partial charge < -0.3 is 10.3 Å². The summed E-state index contributed by atoms with van der Waals surface area (Å²) in [4.78, 5) is 23.9. The zero-order valence-corrected chi connectivity index (χ0v) is 11.9. The normalized spacial score (nSPS) is 11.8. The van der Waals surface area contributed by atoms with Gasteiger partial charge in [0.05, 0.1) is 5.52 Å². The van der Waals surface area contributed by atoms with Crippen molar-refractivity contribution in [3.63, 3.8) is 0 Å². The van der Waals surface area contributed by atoms with Crippen molar-refractivity contribution in [3.8, 4) is 0 Å². The number of aryl methyl sites for hydroxylation is 1. The lowest BCUT2D eigenvalue weighted by Gasteiger charge is -2.16. The topological polar surface area (TPSA) is 70.7 Å². The number of imidazole rings is 1. The maximum absolute atomic E-state index is 11.9. The van der Waals surface area contributed by atoms with E-state index in [9.17, 15) is 4.79 Å². The summed E-state index contributed by atoms with van der Waals surface area (Å²) in [6.45, 7) is 7.72. The number of nitrogens with one attached hydrogen (secondary N) is 2. The van der Waals surface area contributed by atoms with E-state index >= 15 is 0 Å². The molecule has 2 rings (SSSR count). The van der Waals surface area contributed by atoms with Crippen molar-refractivity contribution in [1.29, 1.82) is 0 Å². The Labute approximate surface area is 112 Å². The predicted molar refractivity (Wildman–Crippen MR) is 76.0 cm³/mol. The van der Waals surface area contributed by atoms with Crippen LogP contribution in [0.15, 0.2) is 12.1 Å². The summed E-state index contributed by atoms with van der Waals surface area (Å²) in [7, 11) is 0. The third kappa shape index (κ3) is 3.10. The van der Waals surface area contributed by atoms with Gasteiger partial charge in [-0.25, -0.2) is 9.97 Å². The molecule has 2 aromatic rings. The molecule has 2 heterocycles. The molecule has 0 saturated carbocycles. The second kappa shape index (κ2) is 4.99. The van der Waals surface area contributed by atoms with Crippen LogP contribution in [0, 0.1) is 5.41 Å². The predicted octanol–water partition coefficient (Wildman–Crippen LogP) is 2.90. The highest BCUT2D eigenvalue weighted by atomic mass is 16.2. The van der Waals surface area contributed by atoms with Crippen molar-refractivity contribution in [3.05, 3.63) is 18.0 Å². The van der Waals surface area contributed by atoms with E-state index in [1.165, 1.54) is 0 Å². The Balaban J connectivity index is 2.24. The molecule has 19 heavy (non-hydrogen) atoms. The average molecular weight is 260 g/mol. The second-order valence-electron chi connectivity index (χ2n) is 5.71. The fourth-order valence-electron chi connectivity index (χ4n) is 1.67. The quantitative estimate of drug-likeness (QED) is 0.891. The van der Waals surface area contributed by atoms with Crippen LogP contribution in [0.5, 0.6) is 0 Å². The first-order valence-corrected chi connectivity index (χ1v) is 6.57. The van der Waals surface area contributed by atoms with Gasteiger partial charge in [-0.3, -0.25) is 4.79 Å². The van der Waals surface area contributed by atoms with Gasteiger partial charge in [-0.05, 0) is 18.6 Å². The largest absolute Gasteiger partial charge is 0.341 e. The molecule has 102 valence electrons. The summed E-state index contributed by atoms with van der Waals surface area (Å²) < 4.78 is 0. The van der Waals surface area contributed by atoms with Crippen molar-refractivity contribution < 1.29 is 4.79 Å². The van der Waals surface area contributed by atoms with Crippen LogP contribution < -0.4 is 5.32 Å². The van der Waals surface area contributed by atoms with Crippen molar-refractivity contribution >= 4 is 22.9 Å². The SMILES string of the molecule is CCCc1nc2nc(NC(=O)C(C)(C)C)ccc2[nH]1. The Morgan fingerprint density at radius 3 is 2.68 bits per heavy atom. The van der Waals surface area contributed by atoms with Crippen molar-refractivity contribution in [2.24, 2.45) is 5.41 Å². The number of H-pyrrole nitrogens is 1. The minimum absolute atomic E-state index is 0.0522. The van der Waals surface area contributed by atoms with E-state index < -0.39 is 5.41 Å². The van der Waals surface area contributed by atoms with Gasteiger partial charge >= 0.3 is 0 Å². The molecule has 2 aromatic heterocycles. The van der Waals surface area contributed by atoms with Gasteiger partial charge in [0.2, 0.25) is 5.91 Å². The first kappa shape index (κ1) is 13.5. The zero-order chi connectivity index (χ0) is 14.0. The van der Waals surface area contributed by atoms with E-state index in [4.69, 9.17) is 0 Å². The lowest BCUT2D eigenvalue weighted by atomic mass is 9.96. The Morgan fingerprint density at radius 1 is 1.32 bits per heavy atom. The molecule has 5 heteroatoms. The molecule has 0 aliphatic carbocycles. The third-order valence-corrected chi connectivity index (χ3v) is 2.80. The summed E-state index contributed by atoms with van der Waals surface area (Å²) >= 11 is 0. The molecule has 0 aliphatic heterocycles. The van der Waals surface area contributed by atoms with Gasteiger partial charge in [0.25, 0.3) is 0 Å². The van der Waals surface area contributed by atoms with Crippen molar-refractivity contribution in [1.82, 2.24) is 15.0 Å². The molecule has 0 atom stereocenters. The maximum Gasteiger partial charge on any atom is 0.230 e. The minimum atomic E-state index is -0.435. The number of anilines is 1. The number of carbonyl (C=O) groups is 1. The zero-order valence-electron chi connectivity index (χ0n) is 11.9. The number of pyridine rings is 1. The van der Waals surface area contributed by atoms with Crippen LogP contribution in [0.4, 0.5) is 5.82 Å². The Bertz CT molecular complexity index is 595. The van der Waals surface area contributed by atoms with E-state index in [1.807, 2.05) is 26.8 Å². The Morgan fingerprint density at radius 2 is 2.05 bits per heavy atom. The molecule has 0 fully saturated rings. The smallest absolute Gasteiger partial charge is 0.230 e. The van der Waals surface area contributed by atoms with Crippen LogP contribution in [-0.4, -0.2) is 20.9 Å². The number of aromatic amines is 1. The maximum atomic E-state index is 11.9. The fourth-order valence-corrected chi connectivity index (χ4v) is 1.67. The van der Waals surface area contributed by atoms with E-state index in [-0.39, 0.29) is 5.91 Å². The first-order chi connectivity index (χ1) is 8.90. The number of hydrogen-bond donors (Lipinski definition) is 2. The van der Waals surface area contributed by atoms with Crippen LogP contribution in [0.25, 0.3) is 11.2 Å². The molecule has 5 nitrogen and oxygen atoms in total. The first-order valence-electron chi connectivity index (χ1n) is 6.57. The van der Waals surface area contributed by atoms with Gasteiger partial charge in [-0.15, -0.1) is 0 Å². The monoisotopic (exact) mass is 260 g/mol. The molecule has 2 N–H and O–H groups in total. The summed E-state index contributed by atoms with van der Waals surface area (Å²) in [6.07, 6.45) is 1.94. The van der Waals surface area contributed by atoms with Crippen LogP contribution in [-0.2, 0) is 11.2 Å². The molecule has 0 aliphatic rings. The summed E-state index contributed by atoms with van der Waals surface area (Å²) in [5.41, 5.74) is 1.11. The fraction of sp³-hybridized carbons (Fsp3) is 0.500. The molecule has 0 unspecified atom stereocenters. The molecule has 0 spiro atoms. The summed E-state index contributed by atoms with van der Waals surface area (Å²) in [6, 6.07) is 3.69. The van der Waals surface area contributed by atoms with Gasteiger partial charge in [-0.1, -0.05) is 27.7 Å². The number of hydrogen-bond acceptors (Lipinski definition) is 3. The van der Waals surface area contributed by atoms with Crippen LogP contribution in [0.3, 0.4) is 0 Å². The van der Waals surface area contributed by atoms with E-state index in [0.717, 1.165) is 24.2 Å². The van der Waals surface area contributed by atoms with Crippen molar-refractivity contribution in [2.45, 2.75) is 40.5 Å². The Kier molecular flexibility index (Phi) is 3.55. The van der Waals surface area contributed by atoms with E-state index in [0.29, 0.717) is 11.5 Å². The van der Waals surface area contributed by atoms with E-state index in [2.05, 4.69) is 27.2 Å². The molecule has 0 saturated heterocycles. The lowest BCUT2D eigenvalue weighted by Crippen LogP contribution is -2.27. The lowest BCUT2D eigenvalue weighted by molar-refractivity contribution is -0.123. The number of amides is 1. The highest BCUT2D eigenvalue weighted by molar-refractivity contribution is 5.94. The highest BCUT2D eigenvalue weighted by Gasteiger charge is 2.21. The number of fused-ring (bicyclic) bond motifs is 1. The number of aromatic nitrogens is 3. The average Bonchev–Trinajstić information content (AvgIpc) is 2.69. The molecule has 0 bridgehead atoms. The van der Waals surface area contributed by atoms with Crippen LogP contribution >= 0.6 is 0 Å². The third-order valence-electron chi connectivity index (χ3n) is 2.80. The Hall–Kier alpha value is -1.91. The standard InChI is InChI=1S/C14H20N4O/c1-5-6-10-15-9-7-8-11(17-12(9)16-10)18-13(19)14(2,3)4/h7-8H,5-6H2,1-4H3,(H2,15,16,17,18,19). The summed E-state index contributed by atoms with van der Waals surface area (Å²) in [5, 5.41) is 2.81.